The third-order valence-corrected chi connectivity index (χ3v) is 4.24. The predicted molar refractivity (Wildman–Crippen MR) is 87.4 cm³/mol. The highest BCUT2D eigenvalue weighted by Crippen LogP contribution is 2.28. The molecule has 0 amide bonds. The van der Waals surface area contributed by atoms with E-state index < -0.39 is 5.60 Å². The van der Waals surface area contributed by atoms with Crippen molar-refractivity contribution >= 4 is 0 Å². The molecule has 0 bridgehead atoms. The lowest BCUT2D eigenvalue weighted by molar-refractivity contribution is 0.0436. The molecule has 1 aliphatic heterocycles. The van der Waals surface area contributed by atoms with Crippen LogP contribution in [-0.2, 0) is 17.9 Å². The molecule has 2 aromatic rings. The van der Waals surface area contributed by atoms with Gasteiger partial charge in [0.25, 0.3) is 0 Å². The van der Waals surface area contributed by atoms with Crippen molar-refractivity contribution in [3.63, 3.8) is 0 Å². The molecule has 0 saturated carbocycles. The monoisotopic (exact) mass is 317 g/mol. The molecule has 6 heteroatoms. The zero-order chi connectivity index (χ0) is 16.3. The first-order chi connectivity index (χ1) is 11.1. The fourth-order valence-electron chi connectivity index (χ4n) is 3.07. The zero-order valence-electron chi connectivity index (χ0n) is 13.6. The average molecular weight is 317 g/mol. The smallest absolute Gasteiger partial charge is 0.139 e. The first kappa shape index (κ1) is 16.0. The summed E-state index contributed by atoms with van der Waals surface area (Å²) in [5, 5.41) is 13.8. The van der Waals surface area contributed by atoms with E-state index in [9.17, 15) is 5.11 Å². The Morgan fingerprint density at radius 2 is 2.26 bits per heavy atom. The third kappa shape index (κ3) is 3.39. The van der Waals surface area contributed by atoms with Crippen LogP contribution < -0.4 is 10.1 Å². The minimum Gasteiger partial charge on any atom is -0.496 e. The number of β-amino-alcohol motifs (C(OH)–C–C–N with tert-alkyl or cyclic N) is 1. The number of nitrogens with one attached hydrogen (secondary N) is 1. The topological polar surface area (TPSA) is 68.5 Å². The Hall–Kier alpha value is -1.89. The summed E-state index contributed by atoms with van der Waals surface area (Å²) < 4.78 is 12.6. The van der Waals surface area contributed by atoms with E-state index in [0.29, 0.717) is 19.7 Å². The van der Waals surface area contributed by atoms with E-state index in [-0.39, 0.29) is 0 Å². The van der Waals surface area contributed by atoms with Gasteiger partial charge in [0.05, 0.1) is 25.9 Å². The lowest BCUT2D eigenvalue weighted by Crippen LogP contribution is -2.36. The van der Waals surface area contributed by atoms with Gasteiger partial charge in [-0.3, -0.25) is 0 Å². The molecule has 0 aliphatic carbocycles. The van der Waals surface area contributed by atoms with Gasteiger partial charge in [0.15, 0.2) is 0 Å². The number of ether oxygens (including phenoxy) is 2. The van der Waals surface area contributed by atoms with Crippen molar-refractivity contribution in [2.75, 3.05) is 27.3 Å². The molecule has 1 aliphatic rings. The van der Waals surface area contributed by atoms with E-state index in [4.69, 9.17) is 9.47 Å². The first-order valence-electron chi connectivity index (χ1n) is 7.76. The van der Waals surface area contributed by atoms with Crippen LogP contribution in [0, 0.1) is 0 Å². The molecule has 23 heavy (non-hydrogen) atoms. The van der Waals surface area contributed by atoms with Gasteiger partial charge in [-0.1, -0.05) is 0 Å². The maximum absolute atomic E-state index is 10.6. The van der Waals surface area contributed by atoms with E-state index in [1.807, 2.05) is 29.0 Å². The number of imidazole rings is 1. The molecule has 3 rings (SSSR count). The largest absolute Gasteiger partial charge is 0.496 e. The van der Waals surface area contributed by atoms with Gasteiger partial charge in [0, 0.05) is 37.2 Å². The fourth-order valence-corrected chi connectivity index (χ4v) is 3.07. The molecule has 2 N–H and O–H groups in total. The Bertz CT molecular complexity index is 663. The van der Waals surface area contributed by atoms with Crippen LogP contribution >= 0.6 is 0 Å². The Morgan fingerprint density at radius 3 is 2.96 bits per heavy atom. The molecule has 6 nitrogen and oxygen atoms in total. The molecular formula is C17H23N3O3. The van der Waals surface area contributed by atoms with Crippen LogP contribution in [0.3, 0.4) is 0 Å². The maximum Gasteiger partial charge on any atom is 0.139 e. The molecule has 124 valence electrons. The Labute approximate surface area is 136 Å². The number of nitrogens with zero attached hydrogens (tertiary/aromatic N) is 2. The first-order valence-corrected chi connectivity index (χ1v) is 7.76. The summed E-state index contributed by atoms with van der Waals surface area (Å²) >= 11 is 0. The van der Waals surface area contributed by atoms with Gasteiger partial charge >= 0.3 is 0 Å². The summed E-state index contributed by atoms with van der Waals surface area (Å²) in [5.74, 6) is 1.64. The van der Waals surface area contributed by atoms with Crippen LogP contribution in [0.2, 0.25) is 0 Å². The van der Waals surface area contributed by atoms with Crippen LogP contribution in [0.25, 0.3) is 11.4 Å². The predicted octanol–water partition coefficient (Wildman–Crippen LogP) is 1.43. The van der Waals surface area contributed by atoms with Crippen LogP contribution in [-0.4, -0.2) is 47.6 Å². The summed E-state index contributed by atoms with van der Waals surface area (Å²) in [6.07, 6.45) is 4.43. The summed E-state index contributed by atoms with van der Waals surface area (Å²) in [7, 11) is 3.31. The SMILES string of the molecule is COCc1cc(-c2nccn2CC2(O)CCNC2)ccc1OC. The third-order valence-electron chi connectivity index (χ3n) is 4.24. The van der Waals surface area contributed by atoms with E-state index in [1.165, 1.54) is 0 Å². The molecule has 1 unspecified atom stereocenters. The zero-order valence-corrected chi connectivity index (χ0v) is 13.6. The van der Waals surface area contributed by atoms with Gasteiger partial charge in [-0.2, -0.15) is 0 Å². The average Bonchev–Trinajstić information content (AvgIpc) is 3.17. The number of hydrogen-bond donors (Lipinski definition) is 2. The number of methoxy groups -OCH3 is 2. The van der Waals surface area contributed by atoms with Crippen LogP contribution in [0.15, 0.2) is 30.6 Å². The summed E-state index contributed by atoms with van der Waals surface area (Å²) in [5.41, 5.74) is 1.25. The van der Waals surface area contributed by atoms with Crippen LogP contribution in [0.1, 0.15) is 12.0 Å². The second kappa shape index (κ2) is 6.70. The molecular weight excluding hydrogens is 294 g/mol. The number of aromatic nitrogens is 2. The normalized spacial score (nSPS) is 20.8. The Balaban J connectivity index is 1.90. The summed E-state index contributed by atoms with van der Waals surface area (Å²) in [4.78, 5) is 4.47. The van der Waals surface area contributed by atoms with Crippen LogP contribution in [0.4, 0.5) is 0 Å². The van der Waals surface area contributed by atoms with Crippen molar-refractivity contribution in [3.8, 4) is 17.1 Å². The number of benzene rings is 1. The minimum absolute atomic E-state index is 0.478. The quantitative estimate of drug-likeness (QED) is 0.843. The number of rotatable bonds is 6. The Kier molecular flexibility index (Phi) is 4.66. The molecule has 1 aromatic heterocycles. The maximum atomic E-state index is 10.6. The van der Waals surface area contributed by atoms with Crippen molar-refractivity contribution in [1.29, 1.82) is 0 Å². The highest BCUT2D eigenvalue weighted by Gasteiger charge is 2.32. The van der Waals surface area contributed by atoms with E-state index in [2.05, 4.69) is 10.3 Å². The lowest BCUT2D eigenvalue weighted by atomic mass is 10.0. The second-order valence-electron chi connectivity index (χ2n) is 5.99. The van der Waals surface area contributed by atoms with E-state index in [0.717, 1.165) is 35.7 Å². The molecule has 0 spiro atoms. The molecule has 1 aromatic carbocycles. The highest BCUT2D eigenvalue weighted by atomic mass is 16.5. The molecule has 2 heterocycles. The highest BCUT2D eigenvalue weighted by molar-refractivity contribution is 5.59. The summed E-state index contributed by atoms with van der Waals surface area (Å²) in [6.45, 7) is 2.47. The van der Waals surface area contributed by atoms with E-state index in [1.54, 1.807) is 20.4 Å². The minimum atomic E-state index is -0.711. The van der Waals surface area contributed by atoms with E-state index >= 15 is 0 Å². The lowest BCUT2D eigenvalue weighted by Gasteiger charge is -2.23. The summed E-state index contributed by atoms with van der Waals surface area (Å²) in [6, 6.07) is 5.93. The van der Waals surface area contributed by atoms with Gasteiger partial charge in [-0.25, -0.2) is 4.98 Å². The second-order valence-corrected chi connectivity index (χ2v) is 5.99. The standard InChI is InChI=1S/C17H23N3O3/c1-22-10-14-9-13(3-4-15(14)23-2)16-19-7-8-20(16)12-17(21)5-6-18-11-17/h3-4,7-9,18,21H,5-6,10-12H2,1-2H3. The van der Waals surface area contributed by atoms with Crippen LogP contribution in [0.5, 0.6) is 5.75 Å². The van der Waals surface area contributed by atoms with Gasteiger partial charge < -0.3 is 24.5 Å². The molecule has 1 atom stereocenters. The van der Waals surface area contributed by atoms with Crippen molar-refractivity contribution in [3.05, 3.63) is 36.2 Å². The fraction of sp³-hybridized carbons (Fsp3) is 0.471. The molecule has 1 fully saturated rings. The molecule has 0 radical (unpaired) electrons. The Morgan fingerprint density at radius 1 is 1.39 bits per heavy atom. The number of aliphatic hydroxyl groups is 1. The van der Waals surface area contributed by atoms with Crippen molar-refractivity contribution in [2.24, 2.45) is 0 Å². The van der Waals surface area contributed by atoms with Crippen molar-refractivity contribution < 1.29 is 14.6 Å². The molecule has 1 saturated heterocycles. The van der Waals surface area contributed by atoms with Crippen molar-refractivity contribution in [1.82, 2.24) is 14.9 Å². The van der Waals surface area contributed by atoms with Gasteiger partial charge in [0.2, 0.25) is 0 Å². The number of hydrogen-bond acceptors (Lipinski definition) is 5. The van der Waals surface area contributed by atoms with Gasteiger partial charge in [-0.15, -0.1) is 0 Å². The van der Waals surface area contributed by atoms with Crippen molar-refractivity contribution in [2.45, 2.75) is 25.2 Å². The van der Waals surface area contributed by atoms with Gasteiger partial charge in [-0.05, 0) is 31.2 Å². The van der Waals surface area contributed by atoms with Gasteiger partial charge in [0.1, 0.15) is 11.6 Å².